The average molecular weight is 398 g/mol. The van der Waals surface area contributed by atoms with E-state index in [9.17, 15) is 30.3 Å². The van der Waals surface area contributed by atoms with Gasteiger partial charge in [-0.1, -0.05) is 18.6 Å². The van der Waals surface area contributed by atoms with E-state index < -0.39 is 59.8 Å². The third kappa shape index (κ3) is 2.52. The van der Waals surface area contributed by atoms with Crippen LogP contribution >= 0.6 is 0 Å². The zero-order chi connectivity index (χ0) is 20.6. The lowest BCUT2D eigenvalue weighted by Gasteiger charge is -2.52. The van der Waals surface area contributed by atoms with Gasteiger partial charge in [-0.2, -0.15) is 0 Å². The summed E-state index contributed by atoms with van der Waals surface area (Å²) in [6, 6.07) is 0. The summed E-state index contributed by atoms with van der Waals surface area (Å²) in [6.07, 6.45) is -3.27. The van der Waals surface area contributed by atoms with Gasteiger partial charge in [-0.25, -0.2) is 0 Å². The standard InChI is InChI=1S/C20H30O8/c1-9-6-20(28-17-15(25)14(24)13(23)11(8-21)27-17)7-10(2)19(4-5-19)18(3,26)16(20)12(9)22/h7,9,11,13-17,21,23-26H,4-6,8H2,1-3H3/t9-,11-,13-,14+,15-,16+,17?,18+,20-/m1/s1. The predicted molar refractivity (Wildman–Crippen MR) is 95.9 cm³/mol. The molecule has 3 aliphatic carbocycles. The van der Waals surface area contributed by atoms with E-state index in [1.807, 2.05) is 13.0 Å². The maximum Gasteiger partial charge on any atom is 0.187 e. The van der Waals surface area contributed by atoms with Crippen LogP contribution in [0.1, 0.15) is 40.0 Å². The number of hydrogen-bond acceptors (Lipinski definition) is 8. The van der Waals surface area contributed by atoms with Crippen molar-refractivity contribution in [2.75, 3.05) is 6.61 Å². The molecule has 158 valence electrons. The number of carbonyl (C=O) groups excluding carboxylic acids is 1. The summed E-state index contributed by atoms with van der Waals surface area (Å²) < 4.78 is 11.7. The Bertz CT molecular complexity index is 696. The van der Waals surface area contributed by atoms with Gasteiger partial charge in [0.05, 0.1) is 18.1 Å². The number of fused-ring (bicyclic) bond motifs is 1. The summed E-state index contributed by atoms with van der Waals surface area (Å²) in [5.41, 5.74) is -1.98. The van der Waals surface area contributed by atoms with Gasteiger partial charge in [-0.05, 0) is 33.1 Å². The van der Waals surface area contributed by atoms with Crippen molar-refractivity contribution in [3.8, 4) is 0 Å². The number of aliphatic hydroxyl groups is 5. The van der Waals surface area contributed by atoms with Gasteiger partial charge in [0.1, 0.15) is 35.8 Å². The Labute approximate surface area is 163 Å². The molecule has 4 rings (SSSR count). The Hall–Kier alpha value is -0.870. The van der Waals surface area contributed by atoms with E-state index in [1.54, 1.807) is 13.8 Å². The zero-order valence-electron chi connectivity index (χ0n) is 16.4. The highest BCUT2D eigenvalue weighted by Gasteiger charge is 2.72. The highest BCUT2D eigenvalue weighted by molar-refractivity contribution is 5.89. The fourth-order valence-corrected chi connectivity index (χ4v) is 5.85. The number of carbonyl (C=O) groups is 1. The summed E-state index contributed by atoms with van der Waals surface area (Å²) in [5.74, 6) is -1.27. The summed E-state index contributed by atoms with van der Waals surface area (Å²) in [5, 5.41) is 51.4. The molecular weight excluding hydrogens is 368 g/mol. The van der Waals surface area contributed by atoms with Crippen molar-refractivity contribution in [1.82, 2.24) is 0 Å². The van der Waals surface area contributed by atoms with E-state index in [0.717, 1.165) is 18.4 Å². The highest BCUT2D eigenvalue weighted by atomic mass is 16.7. The predicted octanol–water partition coefficient (Wildman–Crippen LogP) is -0.742. The molecule has 0 aromatic rings. The minimum Gasteiger partial charge on any atom is -0.394 e. The van der Waals surface area contributed by atoms with Gasteiger partial charge >= 0.3 is 0 Å². The molecule has 9 atom stereocenters. The van der Waals surface area contributed by atoms with Crippen molar-refractivity contribution in [2.45, 2.75) is 81.9 Å². The van der Waals surface area contributed by atoms with Crippen LogP contribution < -0.4 is 0 Å². The second kappa shape index (κ2) is 6.31. The minimum atomic E-state index is -1.57. The van der Waals surface area contributed by atoms with Gasteiger partial charge in [-0.3, -0.25) is 4.79 Å². The number of aliphatic hydroxyl groups excluding tert-OH is 4. The second-order valence-corrected chi connectivity index (χ2v) is 9.27. The molecule has 1 spiro atoms. The van der Waals surface area contributed by atoms with Gasteiger partial charge in [-0.15, -0.1) is 0 Å². The van der Waals surface area contributed by atoms with E-state index in [2.05, 4.69) is 0 Å². The number of ketones is 1. The molecule has 4 aliphatic rings. The van der Waals surface area contributed by atoms with Gasteiger partial charge in [0.2, 0.25) is 0 Å². The maximum atomic E-state index is 13.0. The summed E-state index contributed by atoms with van der Waals surface area (Å²) in [4.78, 5) is 13.0. The lowest BCUT2D eigenvalue weighted by molar-refractivity contribution is -0.330. The molecule has 8 heteroatoms. The molecule has 5 N–H and O–H groups in total. The van der Waals surface area contributed by atoms with Crippen molar-refractivity contribution in [1.29, 1.82) is 0 Å². The quantitative estimate of drug-likeness (QED) is 0.392. The molecule has 28 heavy (non-hydrogen) atoms. The summed E-state index contributed by atoms with van der Waals surface area (Å²) in [6.45, 7) is 4.83. The molecule has 8 nitrogen and oxygen atoms in total. The molecule has 1 saturated heterocycles. The van der Waals surface area contributed by atoms with Crippen LogP contribution in [-0.2, 0) is 14.3 Å². The Morgan fingerprint density at radius 3 is 2.43 bits per heavy atom. The minimum absolute atomic E-state index is 0.0929. The number of Topliss-reactive ketones (excluding diaryl/α,β-unsaturated/α-hetero) is 1. The number of rotatable bonds is 3. The van der Waals surface area contributed by atoms with E-state index in [4.69, 9.17) is 9.47 Å². The van der Waals surface area contributed by atoms with Gasteiger partial charge in [0, 0.05) is 11.3 Å². The molecule has 0 aromatic heterocycles. The molecule has 1 heterocycles. The lowest BCUT2D eigenvalue weighted by Crippen LogP contribution is -2.64. The first-order valence-corrected chi connectivity index (χ1v) is 9.95. The third-order valence-corrected chi connectivity index (χ3v) is 7.56. The van der Waals surface area contributed by atoms with Crippen molar-refractivity contribution >= 4 is 5.78 Å². The van der Waals surface area contributed by atoms with Crippen LogP contribution in [0.15, 0.2) is 11.6 Å². The molecule has 3 fully saturated rings. The van der Waals surface area contributed by atoms with Crippen LogP contribution in [0, 0.1) is 17.3 Å². The van der Waals surface area contributed by atoms with Crippen molar-refractivity contribution in [3.63, 3.8) is 0 Å². The first-order valence-electron chi connectivity index (χ1n) is 9.95. The fourth-order valence-electron chi connectivity index (χ4n) is 5.85. The molecule has 0 bridgehead atoms. The largest absolute Gasteiger partial charge is 0.394 e. The summed E-state index contributed by atoms with van der Waals surface area (Å²) >= 11 is 0. The molecule has 0 amide bonds. The second-order valence-electron chi connectivity index (χ2n) is 9.27. The lowest BCUT2D eigenvalue weighted by atomic mass is 9.61. The Balaban J connectivity index is 1.73. The van der Waals surface area contributed by atoms with E-state index in [-0.39, 0.29) is 11.7 Å². The van der Waals surface area contributed by atoms with E-state index >= 15 is 0 Å². The monoisotopic (exact) mass is 398 g/mol. The topological polar surface area (TPSA) is 137 Å². The zero-order valence-corrected chi connectivity index (χ0v) is 16.4. The van der Waals surface area contributed by atoms with Crippen molar-refractivity contribution in [3.05, 3.63) is 11.6 Å². The molecule has 0 radical (unpaired) electrons. The van der Waals surface area contributed by atoms with Crippen LogP contribution in [-0.4, -0.2) is 79.8 Å². The number of ether oxygens (including phenoxy) is 2. The molecule has 1 unspecified atom stereocenters. The van der Waals surface area contributed by atoms with Crippen molar-refractivity contribution in [2.24, 2.45) is 17.3 Å². The van der Waals surface area contributed by atoms with Crippen LogP contribution in [0.25, 0.3) is 0 Å². The van der Waals surface area contributed by atoms with E-state index in [0.29, 0.717) is 6.42 Å². The number of hydrogen-bond donors (Lipinski definition) is 5. The normalized spacial score (nSPS) is 52.5. The van der Waals surface area contributed by atoms with Crippen LogP contribution in [0.2, 0.25) is 0 Å². The first-order chi connectivity index (χ1) is 13.0. The molecule has 2 saturated carbocycles. The molecule has 1 aliphatic heterocycles. The van der Waals surface area contributed by atoms with Crippen molar-refractivity contribution < 1.29 is 39.8 Å². The maximum absolute atomic E-state index is 13.0. The van der Waals surface area contributed by atoms with Gasteiger partial charge < -0.3 is 35.0 Å². The smallest absolute Gasteiger partial charge is 0.187 e. The first kappa shape index (κ1) is 20.4. The summed E-state index contributed by atoms with van der Waals surface area (Å²) in [7, 11) is 0. The molecular formula is C20H30O8. The van der Waals surface area contributed by atoms with Gasteiger partial charge in [0.15, 0.2) is 6.29 Å². The SMILES string of the molecule is CC1=C[C@]2(OC3O[C@H](CO)[C@@H](O)[C@H](O)[C@H]3O)C[C@@H](C)C(=O)[C@H]2[C@](C)(O)C12CC2. The average Bonchev–Trinajstić information content (AvgIpc) is 3.39. The highest BCUT2D eigenvalue weighted by Crippen LogP contribution is 2.68. The van der Waals surface area contributed by atoms with Gasteiger partial charge in [0.25, 0.3) is 0 Å². The van der Waals surface area contributed by atoms with Crippen LogP contribution in [0.3, 0.4) is 0 Å². The molecule has 0 aromatic carbocycles. The van der Waals surface area contributed by atoms with E-state index in [1.165, 1.54) is 0 Å². The fraction of sp³-hybridized carbons (Fsp3) is 0.850. The Morgan fingerprint density at radius 2 is 1.86 bits per heavy atom. The Morgan fingerprint density at radius 1 is 1.21 bits per heavy atom. The van der Waals surface area contributed by atoms with Crippen LogP contribution in [0.5, 0.6) is 0 Å². The third-order valence-electron chi connectivity index (χ3n) is 7.56. The Kier molecular flexibility index (Phi) is 4.60. The van der Waals surface area contributed by atoms with Crippen LogP contribution in [0.4, 0.5) is 0 Å².